The van der Waals surface area contributed by atoms with Crippen LogP contribution in [0.3, 0.4) is 0 Å². The quantitative estimate of drug-likeness (QED) is 0.870. The lowest BCUT2D eigenvalue weighted by Gasteiger charge is -2.21. The molecule has 0 spiro atoms. The molecule has 3 nitrogen and oxygen atoms in total. The van der Waals surface area contributed by atoms with E-state index in [4.69, 9.17) is 4.42 Å². The number of fused-ring (bicyclic) bond motifs is 1. The van der Waals surface area contributed by atoms with Crippen molar-refractivity contribution in [3.05, 3.63) is 36.1 Å². The molecule has 0 amide bonds. The second kappa shape index (κ2) is 4.75. The summed E-state index contributed by atoms with van der Waals surface area (Å²) in [6.07, 6.45) is 4.12. The molecule has 0 bridgehead atoms. The van der Waals surface area contributed by atoms with E-state index >= 15 is 0 Å². The Labute approximate surface area is 107 Å². The number of furan rings is 1. The summed E-state index contributed by atoms with van der Waals surface area (Å²) in [6.45, 7) is 1.33. The van der Waals surface area contributed by atoms with Crippen molar-refractivity contribution in [2.24, 2.45) is 0 Å². The highest BCUT2D eigenvalue weighted by Gasteiger charge is 2.30. The molecule has 0 aliphatic heterocycles. The third-order valence-electron chi connectivity index (χ3n) is 3.76. The topological polar surface area (TPSA) is 45.4 Å². The molecule has 0 saturated heterocycles. The fourth-order valence-electron chi connectivity index (χ4n) is 2.75. The van der Waals surface area contributed by atoms with E-state index in [0.29, 0.717) is 13.1 Å². The SMILES string of the molecule is OC1(CNCc2cc3ccccc3o2)CCCC1. The molecule has 0 radical (unpaired) electrons. The van der Waals surface area contributed by atoms with Gasteiger partial charge in [0.25, 0.3) is 0 Å². The number of rotatable bonds is 4. The van der Waals surface area contributed by atoms with Gasteiger partial charge in [0, 0.05) is 11.9 Å². The Hall–Kier alpha value is -1.32. The number of para-hydroxylation sites is 1. The predicted octanol–water partition coefficient (Wildman–Crippen LogP) is 2.83. The highest BCUT2D eigenvalue weighted by molar-refractivity contribution is 5.77. The summed E-state index contributed by atoms with van der Waals surface area (Å²) < 4.78 is 5.72. The Morgan fingerprint density at radius 2 is 2.00 bits per heavy atom. The number of hydrogen-bond acceptors (Lipinski definition) is 3. The van der Waals surface area contributed by atoms with Crippen LogP contribution in [0.5, 0.6) is 0 Å². The van der Waals surface area contributed by atoms with Crippen LogP contribution in [0.15, 0.2) is 34.7 Å². The lowest BCUT2D eigenvalue weighted by Crippen LogP contribution is -2.37. The van der Waals surface area contributed by atoms with Crippen molar-refractivity contribution in [2.45, 2.75) is 37.8 Å². The highest BCUT2D eigenvalue weighted by atomic mass is 16.3. The number of aliphatic hydroxyl groups is 1. The average Bonchev–Trinajstić information content (AvgIpc) is 2.95. The highest BCUT2D eigenvalue weighted by Crippen LogP contribution is 2.28. The summed E-state index contributed by atoms with van der Waals surface area (Å²) in [4.78, 5) is 0. The second-order valence-corrected chi connectivity index (χ2v) is 5.29. The van der Waals surface area contributed by atoms with Crippen LogP contribution in [0.4, 0.5) is 0 Å². The first-order valence-corrected chi connectivity index (χ1v) is 6.66. The maximum atomic E-state index is 10.2. The van der Waals surface area contributed by atoms with Crippen LogP contribution in [-0.4, -0.2) is 17.3 Å². The summed E-state index contributed by atoms with van der Waals surface area (Å²) in [6, 6.07) is 10.1. The minimum Gasteiger partial charge on any atom is -0.460 e. The zero-order valence-electron chi connectivity index (χ0n) is 10.5. The first-order valence-electron chi connectivity index (χ1n) is 6.66. The van der Waals surface area contributed by atoms with Gasteiger partial charge < -0.3 is 14.8 Å². The van der Waals surface area contributed by atoms with Crippen LogP contribution in [0.1, 0.15) is 31.4 Å². The van der Waals surface area contributed by atoms with Gasteiger partial charge in [-0.2, -0.15) is 0 Å². The third-order valence-corrected chi connectivity index (χ3v) is 3.76. The molecule has 2 N–H and O–H groups in total. The van der Waals surface area contributed by atoms with Crippen molar-refractivity contribution < 1.29 is 9.52 Å². The first kappa shape index (κ1) is 11.8. The molecule has 3 heteroatoms. The van der Waals surface area contributed by atoms with E-state index in [1.165, 1.54) is 0 Å². The Balaban J connectivity index is 1.59. The van der Waals surface area contributed by atoms with E-state index in [0.717, 1.165) is 42.4 Å². The Morgan fingerprint density at radius 1 is 1.22 bits per heavy atom. The smallest absolute Gasteiger partial charge is 0.134 e. The van der Waals surface area contributed by atoms with Gasteiger partial charge in [-0.1, -0.05) is 31.0 Å². The van der Waals surface area contributed by atoms with Crippen molar-refractivity contribution in [3.63, 3.8) is 0 Å². The predicted molar refractivity (Wildman–Crippen MR) is 71.3 cm³/mol. The van der Waals surface area contributed by atoms with E-state index in [9.17, 15) is 5.11 Å². The molecule has 96 valence electrons. The summed E-state index contributed by atoms with van der Waals surface area (Å²) in [5, 5.41) is 14.7. The fourth-order valence-corrected chi connectivity index (χ4v) is 2.75. The van der Waals surface area contributed by atoms with Gasteiger partial charge in [0.1, 0.15) is 11.3 Å². The van der Waals surface area contributed by atoms with E-state index in [1.807, 2.05) is 24.3 Å². The largest absolute Gasteiger partial charge is 0.460 e. The molecular formula is C15H19NO2. The summed E-state index contributed by atoms with van der Waals surface area (Å²) in [5.41, 5.74) is 0.431. The number of nitrogens with one attached hydrogen (secondary N) is 1. The lowest BCUT2D eigenvalue weighted by molar-refractivity contribution is 0.0471. The minimum atomic E-state index is -0.494. The molecule has 1 aliphatic rings. The molecule has 1 aromatic carbocycles. The average molecular weight is 245 g/mol. The normalized spacial score (nSPS) is 18.5. The van der Waals surface area contributed by atoms with Crippen molar-refractivity contribution in [2.75, 3.05) is 6.54 Å². The Morgan fingerprint density at radius 3 is 2.78 bits per heavy atom. The van der Waals surface area contributed by atoms with Crippen LogP contribution in [0.2, 0.25) is 0 Å². The molecule has 1 aromatic heterocycles. The Kier molecular flexibility index (Phi) is 3.10. The standard InChI is InChI=1S/C15H19NO2/c17-15(7-3-4-8-15)11-16-10-13-9-12-5-1-2-6-14(12)18-13/h1-2,5-6,9,16-17H,3-4,7-8,10-11H2. The van der Waals surface area contributed by atoms with Crippen LogP contribution < -0.4 is 5.32 Å². The summed E-state index contributed by atoms with van der Waals surface area (Å²) in [5.74, 6) is 0.929. The van der Waals surface area contributed by atoms with E-state index in [-0.39, 0.29) is 0 Å². The van der Waals surface area contributed by atoms with Crippen LogP contribution in [0.25, 0.3) is 11.0 Å². The molecule has 1 aliphatic carbocycles. The van der Waals surface area contributed by atoms with Crippen molar-refractivity contribution in [1.29, 1.82) is 0 Å². The third kappa shape index (κ3) is 2.42. The maximum absolute atomic E-state index is 10.2. The summed E-state index contributed by atoms with van der Waals surface area (Å²) >= 11 is 0. The monoisotopic (exact) mass is 245 g/mol. The van der Waals surface area contributed by atoms with Crippen molar-refractivity contribution in [1.82, 2.24) is 5.32 Å². The molecule has 0 unspecified atom stereocenters. The zero-order chi connectivity index (χ0) is 12.4. The van der Waals surface area contributed by atoms with Gasteiger partial charge in [-0.25, -0.2) is 0 Å². The second-order valence-electron chi connectivity index (χ2n) is 5.29. The maximum Gasteiger partial charge on any atom is 0.134 e. The van der Waals surface area contributed by atoms with Gasteiger partial charge in [0.05, 0.1) is 12.1 Å². The fraction of sp³-hybridized carbons (Fsp3) is 0.467. The number of hydrogen-bond donors (Lipinski definition) is 2. The molecule has 1 saturated carbocycles. The Bertz CT molecular complexity index is 493. The molecule has 3 rings (SSSR count). The van der Waals surface area contributed by atoms with Crippen LogP contribution >= 0.6 is 0 Å². The first-order chi connectivity index (χ1) is 8.75. The molecular weight excluding hydrogens is 226 g/mol. The van der Waals surface area contributed by atoms with Gasteiger partial charge in [-0.15, -0.1) is 0 Å². The van der Waals surface area contributed by atoms with Gasteiger partial charge in [-0.05, 0) is 25.0 Å². The minimum absolute atomic E-state index is 0.494. The molecule has 18 heavy (non-hydrogen) atoms. The van der Waals surface area contributed by atoms with E-state index in [1.54, 1.807) is 0 Å². The number of benzene rings is 1. The van der Waals surface area contributed by atoms with Crippen LogP contribution in [-0.2, 0) is 6.54 Å². The van der Waals surface area contributed by atoms with Gasteiger partial charge in [0.15, 0.2) is 0 Å². The van der Waals surface area contributed by atoms with Gasteiger partial charge in [-0.3, -0.25) is 0 Å². The molecule has 2 aromatic rings. The van der Waals surface area contributed by atoms with Gasteiger partial charge >= 0.3 is 0 Å². The van der Waals surface area contributed by atoms with Gasteiger partial charge in [0.2, 0.25) is 0 Å². The molecule has 1 fully saturated rings. The van der Waals surface area contributed by atoms with E-state index in [2.05, 4.69) is 11.4 Å². The van der Waals surface area contributed by atoms with Crippen molar-refractivity contribution in [3.8, 4) is 0 Å². The molecule has 0 atom stereocenters. The van der Waals surface area contributed by atoms with E-state index < -0.39 is 5.60 Å². The lowest BCUT2D eigenvalue weighted by atomic mass is 10.0. The zero-order valence-corrected chi connectivity index (χ0v) is 10.5. The van der Waals surface area contributed by atoms with Crippen molar-refractivity contribution >= 4 is 11.0 Å². The molecule has 1 heterocycles. The summed E-state index contributed by atoms with van der Waals surface area (Å²) in [7, 11) is 0. The van der Waals surface area contributed by atoms with Crippen LogP contribution in [0, 0.1) is 0 Å².